The summed E-state index contributed by atoms with van der Waals surface area (Å²) in [6.07, 6.45) is 0.209. The second-order valence-electron chi connectivity index (χ2n) is 5.22. The maximum absolute atomic E-state index is 12.3. The third-order valence-electron chi connectivity index (χ3n) is 3.54. The van der Waals surface area contributed by atoms with Crippen LogP contribution in [-0.4, -0.2) is 27.2 Å². The van der Waals surface area contributed by atoms with Crippen LogP contribution in [0.25, 0.3) is 0 Å². The highest BCUT2D eigenvalue weighted by Gasteiger charge is 2.15. The van der Waals surface area contributed by atoms with E-state index in [1.54, 1.807) is 33.5 Å². The lowest BCUT2D eigenvalue weighted by molar-refractivity contribution is -0.115. The third-order valence-corrected chi connectivity index (χ3v) is 4.71. The number of hydrogen-bond acceptors (Lipinski definition) is 4. The Kier molecular flexibility index (Phi) is 6.30. The average molecular weight is 441 g/mol. The van der Waals surface area contributed by atoms with Crippen molar-refractivity contribution in [2.24, 2.45) is 0 Å². The lowest BCUT2D eigenvalue weighted by Crippen LogP contribution is -2.14. The van der Waals surface area contributed by atoms with Crippen molar-refractivity contribution in [2.75, 3.05) is 26.6 Å². The zero-order valence-corrected chi connectivity index (χ0v) is 16.3. The van der Waals surface area contributed by atoms with Crippen LogP contribution >= 0.6 is 22.6 Å². The number of anilines is 1. The average Bonchev–Trinajstić information content (AvgIpc) is 2.57. The number of carbonyl (C=O) groups is 1. The van der Waals surface area contributed by atoms with E-state index in [0.717, 1.165) is 14.8 Å². The van der Waals surface area contributed by atoms with Gasteiger partial charge in [0.15, 0.2) is 11.5 Å². The van der Waals surface area contributed by atoms with Crippen molar-refractivity contribution in [1.82, 2.24) is 0 Å². The molecule has 128 valence electrons. The molecular weight excluding hydrogens is 421 g/mol. The summed E-state index contributed by atoms with van der Waals surface area (Å²) >= 11 is 2.25. The Morgan fingerprint density at radius 1 is 1.04 bits per heavy atom. The van der Waals surface area contributed by atoms with E-state index < -0.39 is 0 Å². The Bertz CT molecular complexity index is 721. The van der Waals surface area contributed by atoms with Crippen molar-refractivity contribution < 1.29 is 19.0 Å². The van der Waals surface area contributed by atoms with E-state index in [0.29, 0.717) is 17.2 Å². The van der Waals surface area contributed by atoms with Crippen molar-refractivity contribution in [1.29, 1.82) is 0 Å². The van der Waals surface area contributed by atoms with Gasteiger partial charge in [-0.2, -0.15) is 0 Å². The van der Waals surface area contributed by atoms with Gasteiger partial charge in [0.1, 0.15) is 0 Å². The van der Waals surface area contributed by atoms with Crippen LogP contribution in [0.4, 0.5) is 5.69 Å². The lowest BCUT2D eigenvalue weighted by atomic mass is 10.1. The Morgan fingerprint density at radius 2 is 1.67 bits per heavy atom. The highest BCUT2D eigenvalue weighted by molar-refractivity contribution is 14.1. The molecule has 24 heavy (non-hydrogen) atoms. The molecule has 2 aromatic carbocycles. The maximum atomic E-state index is 12.3. The second-order valence-corrected chi connectivity index (χ2v) is 6.38. The number of nitrogens with one attached hydrogen (secondary N) is 1. The first-order valence-corrected chi connectivity index (χ1v) is 8.41. The zero-order valence-electron chi connectivity index (χ0n) is 14.1. The van der Waals surface area contributed by atoms with E-state index in [4.69, 9.17) is 14.2 Å². The van der Waals surface area contributed by atoms with E-state index >= 15 is 0 Å². The van der Waals surface area contributed by atoms with Gasteiger partial charge in [-0.3, -0.25) is 4.79 Å². The van der Waals surface area contributed by atoms with Crippen molar-refractivity contribution in [2.45, 2.75) is 13.3 Å². The molecule has 0 radical (unpaired) electrons. The smallest absolute Gasteiger partial charge is 0.228 e. The van der Waals surface area contributed by atoms with Crippen LogP contribution in [0.15, 0.2) is 30.3 Å². The van der Waals surface area contributed by atoms with Gasteiger partial charge in [0.25, 0.3) is 0 Å². The molecule has 1 N–H and O–H groups in total. The summed E-state index contributed by atoms with van der Waals surface area (Å²) < 4.78 is 17.0. The van der Waals surface area contributed by atoms with Crippen LogP contribution in [0.1, 0.15) is 11.1 Å². The number of ether oxygens (including phenoxy) is 3. The standard InChI is InChI=1S/C18H20INO4/c1-11-5-6-13(10-14(11)19)20-17(21)9-12-7-15(22-2)18(24-4)16(8-12)23-3/h5-8,10H,9H2,1-4H3,(H,20,21). The Balaban J connectivity index is 2.17. The Morgan fingerprint density at radius 3 is 2.17 bits per heavy atom. The summed E-state index contributed by atoms with van der Waals surface area (Å²) in [5, 5.41) is 2.91. The van der Waals surface area contributed by atoms with Crippen molar-refractivity contribution in [3.05, 3.63) is 45.0 Å². The van der Waals surface area contributed by atoms with E-state index in [1.807, 2.05) is 25.1 Å². The fourth-order valence-electron chi connectivity index (χ4n) is 2.30. The van der Waals surface area contributed by atoms with Gasteiger partial charge < -0.3 is 19.5 Å². The summed E-state index contributed by atoms with van der Waals surface area (Å²) in [5.74, 6) is 1.47. The summed E-state index contributed by atoms with van der Waals surface area (Å²) in [5.41, 5.74) is 2.74. The number of methoxy groups -OCH3 is 3. The first-order valence-electron chi connectivity index (χ1n) is 7.33. The highest BCUT2D eigenvalue weighted by atomic mass is 127. The molecule has 2 rings (SSSR count). The Labute approximate surface area is 155 Å². The molecule has 1 amide bonds. The molecule has 0 saturated heterocycles. The minimum Gasteiger partial charge on any atom is -0.493 e. The third kappa shape index (κ3) is 4.31. The topological polar surface area (TPSA) is 56.8 Å². The molecule has 0 heterocycles. The fourth-order valence-corrected chi connectivity index (χ4v) is 2.81. The van der Waals surface area contributed by atoms with Crippen LogP contribution in [0.3, 0.4) is 0 Å². The van der Waals surface area contributed by atoms with Crippen LogP contribution in [0.2, 0.25) is 0 Å². The largest absolute Gasteiger partial charge is 0.493 e. The van der Waals surface area contributed by atoms with Crippen molar-refractivity contribution >= 4 is 34.2 Å². The van der Waals surface area contributed by atoms with E-state index in [9.17, 15) is 4.79 Å². The maximum Gasteiger partial charge on any atom is 0.228 e. The van der Waals surface area contributed by atoms with Gasteiger partial charge in [-0.15, -0.1) is 0 Å². The minimum absolute atomic E-state index is 0.107. The number of carbonyl (C=O) groups excluding carboxylic acids is 1. The summed E-state index contributed by atoms with van der Waals surface area (Å²) in [7, 11) is 4.65. The number of halogens is 1. The summed E-state index contributed by atoms with van der Waals surface area (Å²) in [4.78, 5) is 12.3. The normalized spacial score (nSPS) is 10.2. The molecule has 0 aliphatic heterocycles. The number of benzene rings is 2. The molecule has 0 aliphatic carbocycles. The first-order chi connectivity index (χ1) is 11.5. The predicted octanol–water partition coefficient (Wildman–Crippen LogP) is 3.81. The summed E-state index contributed by atoms with van der Waals surface area (Å²) in [6, 6.07) is 9.38. The monoisotopic (exact) mass is 441 g/mol. The predicted molar refractivity (Wildman–Crippen MR) is 102 cm³/mol. The second kappa shape index (κ2) is 8.23. The van der Waals surface area contributed by atoms with E-state index in [2.05, 4.69) is 27.9 Å². The first kappa shape index (κ1) is 18.4. The van der Waals surface area contributed by atoms with Crippen molar-refractivity contribution in [3.63, 3.8) is 0 Å². The van der Waals surface area contributed by atoms with Crippen LogP contribution in [-0.2, 0) is 11.2 Å². The van der Waals surface area contributed by atoms with Crippen LogP contribution in [0.5, 0.6) is 17.2 Å². The molecule has 6 heteroatoms. The number of hydrogen-bond donors (Lipinski definition) is 1. The molecule has 0 fully saturated rings. The van der Waals surface area contributed by atoms with Gasteiger partial charge in [-0.1, -0.05) is 6.07 Å². The summed E-state index contributed by atoms with van der Waals surface area (Å²) in [6.45, 7) is 2.03. The van der Waals surface area contributed by atoms with Gasteiger partial charge in [-0.05, 0) is 64.9 Å². The quantitative estimate of drug-likeness (QED) is 0.693. The van der Waals surface area contributed by atoms with Crippen LogP contribution < -0.4 is 19.5 Å². The number of aryl methyl sites for hydroxylation is 1. The fraction of sp³-hybridized carbons (Fsp3) is 0.278. The molecule has 0 aliphatic rings. The molecule has 2 aromatic rings. The molecule has 0 saturated carbocycles. The zero-order chi connectivity index (χ0) is 17.7. The minimum atomic E-state index is -0.107. The molecule has 0 spiro atoms. The van der Waals surface area contributed by atoms with E-state index in [1.165, 1.54) is 5.56 Å². The molecule has 0 unspecified atom stereocenters. The van der Waals surface area contributed by atoms with Crippen molar-refractivity contribution in [3.8, 4) is 17.2 Å². The Hall–Kier alpha value is -1.96. The molecule has 0 atom stereocenters. The van der Waals surface area contributed by atoms with Gasteiger partial charge in [0, 0.05) is 9.26 Å². The number of amides is 1. The number of rotatable bonds is 6. The molecule has 0 aromatic heterocycles. The highest BCUT2D eigenvalue weighted by Crippen LogP contribution is 2.38. The molecule has 0 bridgehead atoms. The SMILES string of the molecule is COc1cc(CC(=O)Nc2ccc(C)c(I)c2)cc(OC)c1OC. The molecular formula is C18H20INO4. The van der Waals surface area contributed by atoms with E-state index in [-0.39, 0.29) is 12.3 Å². The molecule has 5 nitrogen and oxygen atoms in total. The van der Waals surface area contributed by atoms with Crippen LogP contribution in [0, 0.1) is 10.5 Å². The lowest BCUT2D eigenvalue weighted by Gasteiger charge is -2.14. The van der Waals surface area contributed by atoms with Gasteiger partial charge in [0.05, 0.1) is 27.8 Å². The van der Waals surface area contributed by atoms with Gasteiger partial charge in [0.2, 0.25) is 11.7 Å². The van der Waals surface area contributed by atoms with Gasteiger partial charge in [-0.25, -0.2) is 0 Å². The van der Waals surface area contributed by atoms with Gasteiger partial charge >= 0.3 is 0 Å².